The van der Waals surface area contributed by atoms with Gasteiger partial charge in [-0.15, -0.1) is 0 Å². The Morgan fingerprint density at radius 2 is 0.841 bits per heavy atom. The summed E-state index contributed by atoms with van der Waals surface area (Å²) in [5.41, 5.74) is 3.76. The predicted octanol–water partition coefficient (Wildman–Crippen LogP) is 9.22. The van der Waals surface area contributed by atoms with E-state index < -0.39 is 6.16 Å². The molecule has 0 saturated carbocycles. The second kappa shape index (κ2) is 15.2. The summed E-state index contributed by atoms with van der Waals surface area (Å²) in [6, 6.07) is 35.8. The molecule has 44 heavy (non-hydrogen) atoms. The zero-order chi connectivity index (χ0) is 31.6. The SMILES string of the molecule is CC(C)COCC(C)(c1ccccc1)c1ccc(OC(=O)Oc2ccc(C(C)(COCC(C)C)c3ccccc3)cc2)cc1. The molecule has 0 spiro atoms. The third-order valence-corrected chi connectivity index (χ3v) is 7.89. The number of benzene rings is 4. The summed E-state index contributed by atoms with van der Waals surface area (Å²) in [5.74, 6) is 1.72. The van der Waals surface area contributed by atoms with Crippen molar-refractivity contribution in [1.29, 1.82) is 0 Å². The van der Waals surface area contributed by atoms with Gasteiger partial charge in [-0.2, -0.15) is 0 Å². The zero-order valence-corrected chi connectivity index (χ0v) is 26.9. The summed E-state index contributed by atoms with van der Waals surface area (Å²) in [6.45, 7) is 15.4. The molecule has 0 aliphatic carbocycles. The fourth-order valence-corrected chi connectivity index (χ4v) is 5.27. The van der Waals surface area contributed by atoms with Gasteiger partial charge in [0.1, 0.15) is 11.5 Å². The van der Waals surface area contributed by atoms with E-state index in [4.69, 9.17) is 18.9 Å². The Morgan fingerprint density at radius 1 is 0.523 bits per heavy atom. The molecule has 0 aliphatic heterocycles. The molecule has 232 valence electrons. The molecule has 5 nitrogen and oxygen atoms in total. The van der Waals surface area contributed by atoms with Gasteiger partial charge in [0.25, 0.3) is 0 Å². The van der Waals surface area contributed by atoms with Crippen molar-refractivity contribution in [3.05, 3.63) is 131 Å². The molecule has 0 radical (unpaired) electrons. The predicted molar refractivity (Wildman–Crippen MR) is 177 cm³/mol. The van der Waals surface area contributed by atoms with Crippen LogP contribution in [0, 0.1) is 11.8 Å². The van der Waals surface area contributed by atoms with E-state index >= 15 is 0 Å². The fourth-order valence-electron chi connectivity index (χ4n) is 5.27. The maximum atomic E-state index is 12.7. The van der Waals surface area contributed by atoms with E-state index in [-0.39, 0.29) is 10.8 Å². The van der Waals surface area contributed by atoms with E-state index in [1.54, 1.807) is 24.3 Å². The van der Waals surface area contributed by atoms with E-state index in [1.165, 1.54) is 0 Å². The Labute approximate surface area is 263 Å². The third-order valence-electron chi connectivity index (χ3n) is 7.89. The van der Waals surface area contributed by atoms with Crippen LogP contribution < -0.4 is 9.47 Å². The first-order chi connectivity index (χ1) is 21.1. The Hall–Kier alpha value is -3.93. The van der Waals surface area contributed by atoms with Gasteiger partial charge in [-0.3, -0.25) is 0 Å². The normalized spacial score (nSPS) is 14.2. The highest BCUT2D eigenvalue weighted by atomic mass is 16.7. The van der Waals surface area contributed by atoms with E-state index in [2.05, 4.69) is 65.8 Å². The maximum Gasteiger partial charge on any atom is 0.519 e. The van der Waals surface area contributed by atoms with Gasteiger partial charge in [-0.1, -0.05) is 113 Å². The molecule has 4 aromatic carbocycles. The molecule has 2 unspecified atom stereocenters. The number of carbonyl (C=O) groups excluding carboxylic acids is 1. The average Bonchev–Trinajstić information content (AvgIpc) is 3.02. The second-order valence-electron chi connectivity index (χ2n) is 12.7. The molecule has 0 saturated heterocycles. The van der Waals surface area contributed by atoms with E-state index in [1.807, 2.05) is 60.7 Å². The Morgan fingerprint density at radius 3 is 1.16 bits per heavy atom. The molecule has 2 atom stereocenters. The van der Waals surface area contributed by atoms with Gasteiger partial charge in [-0.25, -0.2) is 4.79 Å². The summed E-state index contributed by atoms with van der Waals surface area (Å²) < 4.78 is 23.3. The van der Waals surface area contributed by atoms with Gasteiger partial charge < -0.3 is 18.9 Å². The van der Waals surface area contributed by atoms with Crippen LogP contribution in [0.4, 0.5) is 4.79 Å². The smallest absolute Gasteiger partial charge is 0.395 e. The quantitative estimate of drug-likeness (QED) is 0.108. The number of hydrogen-bond donors (Lipinski definition) is 0. The molecule has 0 aliphatic rings. The van der Waals surface area contributed by atoms with Crippen LogP contribution in [0.5, 0.6) is 11.5 Å². The molecule has 0 bridgehead atoms. The highest BCUT2D eigenvalue weighted by Crippen LogP contribution is 2.35. The van der Waals surface area contributed by atoms with E-state index in [0.717, 1.165) is 22.3 Å². The third kappa shape index (κ3) is 8.58. The fraction of sp³-hybridized carbons (Fsp3) is 0.359. The van der Waals surface area contributed by atoms with Crippen LogP contribution in [0.15, 0.2) is 109 Å². The number of carbonyl (C=O) groups is 1. The lowest BCUT2D eigenvalue weighted by molar-refractivity contribution is 0.0812. The number of rotatable bonds is 14. The van der Waals surface area contributed by atoms with Crippen molar-refractivity contribution >= 4 is 6.16 Å². The van der Waals surface area contributed by atoms with E-state index in [0.29, 0.717) is 49.8 Å². The van der Waals surface area contributed by atoms with Crippen molar-refractivity contribution in [2.24, 2.45) is 11.8 Å². The zero-order valence-electron chi connectivity index (χ0n) is 26.9. The van der Waals surface area contributed by atoms with E-state index in [9.17, 15) is 4.79 Å². The van der Waals surface area contributed by atoms with Crippen molar-refractivity contribution < 1.29 is 23.7 Å². The Bertz CT molecular complexity index is 1320. The lowest BCUT2D eigenvalue weighted by atomic mass is 9.77. The second-order valence-corrected chi connectivity index (χ2v) is 12.7. The minimum Gasteiger partial charge on any atom is -0.395 e. The average molecular weight is 595 g/mol. The maximum absolute atomic E-state index is 12.7. The minimum absolute atomic E-state index is 0.356. The van der Waals surface area contributed by atoms with Gasteiger partial charge in [0.05, 0.1) is 13.2 Å². The monoisotopic (exact) mass is 594 g/mol. The number of ether oxygens (including phenoxy) is 4. The van der Waals surface area contributed by atoms with Crippen LogP contribution in [0.3, 0.4) is 0 Å². The minimum atomic E-state index is -0.789. The topological polar surface area (TPSA) is 54.0 Å². The van der Waals surface area contributed by atoms with Crippen molar-refractivity contribution in [3.63, 3.8) is 0 Å². The first kappa shape index (κ1) is 33.0. The Balaban J connectivity index is 1.43. The highest BCUT2D eigenvalue weighted by Gasteiger charge is 2.31. The van der Waals surface area contributed by atoms with Crippen molar-refractivity contribution in [3.8, 4) is 11.5 Å². The van der Waals surface area contributed by atoms with Crippen molar-refractivity contribution in [2.45, 2.75) is 52.4 Å². The first-order valence-electron chi connectivity index (χ1n) is 15.5. The van der Waals surface area contributed by atoms with Crippen LogP contribution in [0.25, 0.3) is 0 Å². The van der Waals surface area contributed by atoms with Crippen molar-refractivity contribution in [1.82, 2.24) is 0 Å². The van der Waals surface area contributed by atoms with Crippen LogP contribution >= 0.6 is 0 Å². The molecule has 0 N–H and O–H groups in total. The Kier molecular flexibility index (Phi) is 11.4. The lowest BCUT2D eigenvalue weighted by Gasteiger charge is -2.31. The number of hydrogen-bond acceptors (Lipinski definition) is 5. The van der Waals surface area contributed by atoms with Crippen molar-refractivity contribution in [2.75, 3.05) is 26.4 Å². The molecule has 4 rings (SSSR count). The molecule has 0 aromatic heterocycles. The molecule has 0 fully saturated rings. The summed E-state index contributed by atoms with van der Waals surface area (Å²) in [7, 11) is 0. The molecule has 4 aromatic rings. The summed E-state index contributed by atoms with van der Waals surface area (Å²) in [4.78, 5) is 12.7. The van der Waals surface area contributed by atoms with Crippen LogP contribution in [0.2, 0.25) is 0 Å². The summed E-state index contributed by atoms with van der Waals surface area (Å²) in [6.07, 6.45) is -0.789. The molecule has 0 amide bonds. The highest BCUT2D eigenvalue weighted by molar-refractivity contribution is 5.67. The summed E-state index contributed by atoms with van der Waals surface area (Å²) in [5, 5.41) is 0. The van der Waals surface area contributed by atoms with Gasteiger partial charge in [-0.05, 0) is 72.2 Å². The lowest BCUT2D eigenvalue weighted by Crippen LogP contribution is -2.30. The van der Waals surface area contributed by atoms with Gasteiger partial charge in [0, 0.05) is 24.0 Å². The summed E-state index contributed by atoms with van der Waals surface area (Å²) >= 11 is 0. The van der Waals surface area contributed by atoms with Gasteiger partial charge in [0.2, 0.25) is 0 Å². The molecule has 5 heteroatoms. The molecular formula is C39H46O5. The van der Waals surface area contributed by atoms with Crippen LogP contribution in [-0.4, -0.2) is 32.6 Å². The van der Waals surface area contributed by atoms with Gasteiger partial charge in [0.15, 0.2) is 0 Å². The van der Waals surface area contributed by atoms with Crippen LogP contribution in [-0.2, 0) is 20.3 Å². The van der Waals surface area contributed by atoms with Gasteiger partial charge >= 0.3 is 6.16 Å². The van der Waals surface area contributed by atoms with Crippen LogP contribution in [0.1, 0.15) is 63.8 Å². The first-order valence-corrected chi connectivity index (χ1v) is 15.5. The molecular weight excluding hydrogens is 548 g/mol. The largest absolute Gasteiger partial charge is 0.519 e. The molecule has 0 heterocycles. The standard InChI is InChI=1S/C39H46O5/c1-29(2)25-41-27-38(5,31-13-9-7-10-14-31)33-17-21-35(22-18-33)43-37(40)44-36-23-19-34(20-24-36)39(6,28-42-26-30(3)4)32-15-11-8-12-16-32/h7-24,29-30H,25-28H2,1-6H3.